The number of aromatic nitrogens is 2. The lowest BCUT2D eigenvalue weighted by atomic mass is 9.87. The van der Waals surface area contributed by atoms with E-state index in [1.165, 1.54) is 6.07 Å². The molecule has 2 fully saturated rings. The SMILES string of the molecule is Cc1nc(Br)ccc1F.Cc1nc(Br)ccc1O[C@H]1CCC[C@H](C(=O)O)C1.O=C(O)[C@H]1CCC[C@H](O)C1. The summed E-state index contributed by atoms with van der Waals surface area (Å²) in [5.74, 6) is -1.57. The van der Waals surface area contributed by atoms with Crippen LogP contribution in [-0.4, -0.2) is 49.4 Å². The van der Waals surface area contributed by atoms with Crippen molar-refractivity contribution in [3.05, 3.63) is 50.7 Å². The molecule has 4 rings (SSSR count). The van der Waals surface area contributed by atoms with Crippen molar-refractivity contribution in [3.63, 3.8) is 0 Å². The maximum absolute atomic E-state index is 12.4. The Hall–Kier alpha value is -2.11. The van der Waals surface area contributed by atoms with Gasteiger partial charge in [0.15, 0.2) is 0 Å². The number of nitrogens with zero attached hydrogens (tertiary/aromatic N) is 2. The van der Waals surface area contributed by atoms with Crippen LogP contribution in [0, 0.1) is 31.5 Å². The van der Waals surface area contributed by atoms with E-state index in [4.69, 9.17) is 20.1 Å². The zero-order chi connectivity index (χ0) is 27.5. The van der Waals surface area contributed by atoms with Crippen molar-refractivity contribution in [2.45, 2.75) is 77.4 Å². The number of aliphatic hydroxyl groups is 1. The van der Waals surface area contributed by atoms with Gasteiger partial charge >= 0.3 is 11.9 Å². The Labute approximate surface area is 232 Å². The van der Waals surface area contributed by atoms with E-state index in [0.29, 0.717) is 23.1 Å². The fourth-order valence-electron chi connectivity index (χ4n) is 4.20. The lowest BCUT2D eigenvalue weighted by molar-refractivity contribution is -0.144. The van der Waals surface area contributed by atoms with Crippen LogP contribution in [0.1, 0.15) is 62.8 Å². The number of carboxylic acids is 2. The molecule has 2 aromatic heterocycles. The lowest BCUT2D eigenvalue weighted by Gasteiger charge is -2.27. The maximum Gasteiger partial charge on any atom is 0.306 e. The van der Waals surface area contributed by atoms with Crippen LogP contribution in [-0.2, 0) is 9.59 Å². The minimum atomic E-state index is -0.765. The molecule has 0 aliphatic heterocycles. The molecular weight excluding hydrogens is 615 g/mol. The topological polar surface area (TPSA) is 130 Å². The highest BCUT2D eigenvalue weighted by Crippen LogP contribution is 2.29. The zero-order valence-electron chi connectivity index (χ0n) is 20.9. The van der Waals surface area contributed by atoms with E-state index >= 15 is 0 Å². The Morgan fingerprint density at radius 1 is 0.865 bits per heavy atom. The summed E-state index contributed by atoms with van der Waals surface area (Å²) >= 11 is 6.42. The smallest absolute Gasteiger partial charge is 0.306 e. The van der Waals surface area contributed by atoms with Crippen molar-refractivity contribution >= 4 is 43.8 Å². The summed E-state index contributed by atoms with van der Waals surface area (Å²) in [4.78, 5) is 29.5. The average Bonchev–Trinajstić information content (AvgIpc) is 2.84. The lowest BCUT2D eigenvalue weighted by Crippen LogP contribution is -2.29. The van der Waals surface area contributed by atoms with E-state index in [1.54, 1.807) is 13.0 Å². The average molecular weight is 648 g/mol. The number of carboxylic acid groups (broad SMARTS) is 2. The second-order valence-corrected chi connectivity index (χ2v) is 10.8. The van der Waals surface area contributed by atoms with Gasteiger partial charge in [-0.1, -0.05) is 6.42 Å². The van der Waals surface area contributed by atoms with Crippen molar-refractivity contribution in [3.8, 4) is 5.75 Å². The summed E-state index contributed by atoms with van der Waals surface area (Å²) in [5, 5.41) is 26.6. The van der Waals surface area contributed by atoms with E-state index in [1.807, 2.05) is 19.1 Å². The van der Waals surface area contributed by atoms with Gasteiger partial charge in [-0.2, -0.15) is 0 Å². The van der Waals surface area contributed by atoms with Crippen LogP contribution in [0.15, 0.2) is 33.5 Å². The second-order valence-electron chi connectivity index (χ2n) is 9.22. The van der Waals surface area contributed by atoms with Crippen LogP contribution < -0.4 is 4.74 Å². The number of halogens is 3. The monoisotopic (exact) mass is 646 g/mol. The number of rotatable bonds is 4. The van der Waals surface area contributed by atoms with Crippen molar-refractivity contribution in [1.29, 1.82) is 0 Å². The standard InChI is InChI=1S/C13H16BrNO3.C7H12O3.C6H5BrFN/c1-8-11(5-6-12(14)15-8)18-10-4-2-3-9(7-10)13(16)17;8-6-3-1-2-5(4-6)7(9)10;1-4-5(8)2-3-6(7)9-4/h5-6,9-10H,2-4,7H2,1H3,(H,16,17);5-6,8H,1-4H2,(H,9,10);2-3H,1H3/t9-,10-;5-,6-;/m00./s1. The molecular formula is C26H33Br2FN2O6. The molecule has 4 atom stereocenters. The molecule has 0 unspecified atom stereocenters. The fourth-order valence-corrected chi connectivity index (χ4v) is 5.00. The Balaban J connectivity index is 0.000000214. The summed E-state index contributed by atoms with van der Waals surface area (Å²) in [5.41, 5.74) is 1.24. The summed E-state index contributed by atoms with van der Waals surface area (Å²) < 4.78 is 19.7. The highest BCUT2D eigenvalue weighted by atomic mass is 79.9. The van der Waals surface area contributed by atoms with Gasteiger partial charge in [0.1, 0.15) is 20.8 Å². The normalized spacial score (nSPS) is 23.0. The molecule has 37 heavy (non-hydrogen) atoms. The molecule has 3 N–H and O–H groups in total. The Kier molecular flexibility index (Phi) is 12.9. The maximum atomic E-state index is 12.4. The van der Waals surface area contributed by atoms with Crippen molar-refractivity contribution in [1.82, 2.24) is 9.97 Å². The first-order valence-electron chi connectivity index (χ1n) is 12.2. The van der Waals surface area contributed by atoms with Gasteiger partial charge in [-0.15, -0.1) is 0 Å². The summed E-state index contributed by atoms with van der Waals surface area (Å²) in [6, 6.07) is 6.66. The number of carbonyl (C=O) groups is 2. The minimum Gasteiger partial charge on any atom is -0.489 e. The van der Waals surface area contributed by atoms with Gasteiger partial charge in [-0.25, -0.2) is 14.4 Å². The van der Waals surface area contributed by atoms with E-state index in [9.17, 15) is 14.0 Å². The number of aryl methyl sites for hydroxylation is 2. The molecule has 8 nitrogen and oxygen atoms in total. The Bertz CT molecular complexity index is 1060. The van der Waals surface area contributed by atoms with Crippen LogP contribution in [0.25, 0.3) is 0 Å². The van der Waals surface area contributed by atoms with Gasteiger partial charge in [0.2, 0.25) is 0 Å². The number of aliphatic carboxylic acids is 2. The third-order valence-electron chi connectivity index (χ3n) is 6.26. The van der Waals surface area contributed by atoms with Gasteiger partial charge in [-0.05, 0) is 115 Å². The van der Waals surface area contributed by atoms with Gasteiger partial charge in [-0.3, -0.25) is 9.59 Å². The van der Waals surface area contributed by atoms with E-state index in [0.717, 1.165) is 54.6 Å². The van der Waals surface area contributed by atoms with Gasteiger partial charge in [0.25, 0.3) is 0 Å². The summed E-state index contributed by atoms with van der Waals surface area (Å²) in [6.07, 6.45) is 5.56. The van der Waals surface area contributed by atoms with Crippen LogP contribution in [0.5, 0.6) is 5.75 Å². The van der Waals surface area contributed by atoms with Gasteiger partial charge in [0, 0.05) is 0 Å². The highest BCUT2D eigenvalue weighted by molar-refractivity contribution is 9.10. The Morgan fingerprint density at radius 2 is 1.41 bits per heavy atom. The number of hydrogen-bond acceptors (Lipinski definition) is 6. The predicted molar refractivity (Wildman–Crippen MR) is 143 cm³/mol. The second kappa shape index (κ2) is 15.3. The molecule has 0 spiro atoms. The van der Waals surface area contributed by atoms with Crippen LogP contribution >= 0.6 is 31.9 Å². The molecule has 2 aliphatic carbocycles. The predicted octanol–water partition coefficient (Wildman–Crippen LogP) is 6.09. The largest absolute Gasteiger partial charge is 0.489 e. The molecule has 0 aromatic carbocycles. The van der Waals surface area contributed by atoms with E-state index in [2.05, 4.69) is 41.8 Å². The van der Waals surface area contributed by atoms with Crippen molar-refractivity contribution in [2.75, 3.05) is 0 Å². The Morgan fingerprint density at radius 3 is 1.89 bits per heavy atom. The van der Waals surface area contributed by atoms with Crippen LogP contribution in [0.2, 0.25) is 0 Å². The minimum absolute atomic E-state index is 0.0125. The third-order valence-corrected chi connectivity index (χ3v) is 7.14. The van der Waals surface area contributed by atoms with E-state index in [-0.39, 0.29) is 29.9 Å². The molecule has 0 bridgehead atoms. The zero-order valence-corrected chi connectivity index (χ0v) is 24.0. The third kappa shape index (κ3) is 11.0. The fraction of sp³-hybridized carbons (Fsp3) is 0.538. The summed E-state index contributed by atoms with van der Waals surface area (Å²) in [6.45, 7) is 3.51. The first-order valence-corrected chi connectivity index (χ1v) is 13.8. The number of pyridine rings is 2. The molecule has 2 heterocycles. The molecule has 11 heteroatoms. The quantitative estimate of drug-likeness (QED) is 0.340. The molecule has 204 valence electrons. The summed E-state index contributed by atoms with van der Waals surface area (Å²) in [7, 11) is 0. The first kappa shape index (κ1) is 31.1. The van der Waals surface area contributed by atoms with E-state index < -0.39 is 11.9 Å². The number of ether oxygens (including phenoxy) is 1. The molecule has 2 saturated carbocycles. The molecule has 2 aromatic rings. The highest BCUT2D eigenvalue weighted by Gasteiger charge is 2.28. The van der Waals surface area contributed by atoms with Gasteiger partial charge < -0.3 is 20.1 Å². The number of aliphatic hydroxyl groups excluding tert-OH is 1. The number of hydrogen-bond donors (Lipinski definition) is 3. The molecule has 0 radical (unpaired) electrons. The molecule has 0 amide bonds. The van der Waals surface area contributed by atoms with Crippen LogP contribution in [0.3, 0.4) is 0 Å². The van der Waals surface area contributed by atoms with Gasteiger partial charge in [0.05, 0.1) is 35.4 Å². The van der Waals surface area contributed by atoms with Crippen molar-refractivity contribution < 1.29 is 34.0 Å². The molecule has 2 aliphatic rings. The first-order chi connectivity index (χ1) is 17.5. The van der Waals surface area contributed by atoms with Crippen molar-refractivity contribution in [2.24, 2.45) is 11.8 Å². The molecule has 0 saturated heterocycles. The van der Waals surface area contributed by atoms with Crippen LogP contribution in [0.4, 0.5) is 4.39 Å².